The highest BCUT2D eigenvalue weighted by Crippen LogP contribution is 2.24. The zero-order valence-electron chi connectivity index (χ0n) is 13.1. The summed E-state index contributed by atoms with van der Waals surface area (Å²) in [5.74, 6) is -0.270. The van der Waals surface area contributed by atoms with Crippen LogP contribution in [0, 0.1) is 0 Å². The van der Waals surface area contributed by atoms with Gasteiger partial charge in [-0.1, -0.05) is 0 Å². The number of benzene rings is 1. The third kappa shape index (κ3) is 4.74. The van der Waals surface area contributed by atoms with Crippen LogP contribution in [0.3, 0.4) is 0 Å². The number of nitrogens with one attached hydrogen (secondary N) is 1. The first-order chi connectivity index (χ1) is 10.1. The highest BCUT2D eigenvalue weighted by atomic mass is 16.5. The number of esters is 1. The SMILES string of the molecule is COC1CCCC(Nc2ccc(C(=O)OC(C)C)cc2)C1. The standard InChI is InChI=1S/C17H25NO3/c1-12(2)21-17(19)13-7-9-14(10-8-13)18-15-5-4-6-16(11-15)20-3/h7-10,12,15-16,18H,4-6,11H2,1-3H3. The number of hydrogen-bond acceptors (Lipinski definition) is 4. The molecule has 1 aromatic rings. The van der Waals surface area contributed by atoms with Gasteiger partial charge in [-0.2, -0.15) is 0 Å². The van der Waals surface area contributed by atoms with Crippen LogP contribution in [0.15, 0.2) is 24.3 Å². The number of carbonyl (C=O) groups excluding carboxylic acids is 1. The van der Waals surface area contributed by atoms with Crippen LogP contribution in [0.4, 0.5) is 5.69 Å². The van der Waals surface area contributed by atoms with Crippen LogP contribution in [0.1, 0.15) is 49.9 Å². The highest BCUT2D eigenvalue weighted by molar-refractivity contribution is 5.89. The van der Waals surface area contributed by atoms with E-state index in [9.17, 15) is 4.79 Å². The van der Waals surface area contributed by atoms with E-state index in [1.165, 1.54) is 6.42 Å². The summed E-state index contributed by atoms with van der Waals surface area (Å²) in [7, 11) is 1.78. The molecule has 116 valence electrons. The van der Waals surface area contributed by atoms with Crippen molar-refractivity contribution in [3.8, 4) is 0 Å². The van der Waals surface area contributed by atoms with Gasteiger partial charge in [0.1, 0.15) is 0 Å². The topological polar surface area (TPSA) is 47.6 Å². The van der Waals surface area contributed by atoms with Crippen molar-refractivity contribution < 1.29 is 14.3 Å². The molecule has 1 N–H and O–H groups in total. The van der Waals surface area contributed by atoms with Crippen LogP contribution in [0.5, 0.6) is 0 Å². The van der Waals surface area contributed by atoms with Crippen molar-refractivity contribution >= 4 is 11.7 Å². The molecule has 0 bridgehead atoms. The van der Waals surface area contributed by atoms with Gasteiger partial charge in [0.25, 0.3) is 0 Å². The molecule has 0 saturated heterocycles. The minimum atomic E-state index is -0.270. The van der Waals surface area contributed by atoms with E-state index in [0.29, 0.717) is 17.7 Å². The molecular weight excluding hydrogens is 266 g/mol. The number of methoxy groups -OCH3 is 1. The zero-order valence-corrected chi connectivity index (χ0v) is 13.1. The third-order valence-electron chi connectivity index (χ3n) is 3.79. The molecule has 2 atom stereocenters. The van der Waals surface area contributed by atoms with E-state index >= 15 is 0 Å². The maximum atomic E-state index is 11.8. The Morgan fingerprint density at radius 1 is 1.24 bits per heavy atom. The van der Waals surface area contributed by atoms with E-state index in [4.69, 9.17) is 9.47 Å². The zero-order chi connectivity index (χ0) is 15.2. The first-order valence-electron chi connectivity index (χ1n) is 7.69. The minimum Gasteiger partial charge on any atom is -0.459 e. The Balaban J connectivity index is 1.91. The molecule has 0 aromatic heterocycles. The number of carbonyl (C=O) groups is 1. The summed E-state index contributed by atoms with van der Waals surface area (Å²) in [5.41, 5.74) is 1.63. The molecule has 1 aliphatic carbocycles. The van der Waals surface area contributed by atoms with Crippen LogP contribution in [-0.2, 0) is 9.47 Å². The smallest absolute Gasteiger partial charge is 0.338 e. The fourth-order valence-corrected chi connectivity index (χ4v) is 2.71. The van der Waals surface area contributed by atoms with Gasteiger partial charge in [-0.3, -0.25) is 0 Å². The Morgan fingerprint density at radius 2 is 1.95 bits per heavy atom. The van der Waals surface area contributed by atoms with Crippen LogP contribution < -0.4 is 5.32 Å². The van der Waals surface area contributed by atoms with Crippen LogP contribution >= 0.6 is 0 Å². The Bertz CT molecular complexity index is 456. The summed E-state index contributed by atoms with van der Waals surface area (Å²) in [4.78, 5) is 11.8. The van der Waals surface area contributed by atoms with E-state index in [-0.39, 0.29) is 12.1 Å². The fourth-order valence-electron chi connectivity index (χ4n) is 2.71. The molecule has 2 unspecified atom stereocenters. The molecular formula is C17H25NO3. The molecule has 21 heavy (non-hydrogen) atoms. The van der Waals surface area contributed by atoms with Gasteiger partial charge < -0.3 is 14.8 Å². The molecule has 0 amide bonds. The van der Waals surface area contributed by atoms with E-state index in [1.54, 1.807) is 7.11 Å². The summed E-state index contributed by atoms with van der Waals surface area (Å²) in [6.07, 6.45) is 4.80. The normalized spacial score (nSPS) is 22.1. The van der Waals surface area contributed by atoms with Gasteiger partial charge in [-0.05, 0) is 63.8 Å². The lowest BCUT2D eigenvalue weighted by molar-refractivity contribution is 0.0378. The third-order valence-corrected chi connectivity index (χ3v) is 3.79. The maximum Gasteiger partial charge on any atom is 0.338 e. The van der Waals surface area contributed by atoms with Crippen molar-refractivity contribution in [1.82, 2.24) is 0 Å². The van der Waals surface area contributed by atoms with Gasteiger partial charge in [-0.25, -0.2) is 4.79 Å². The Labute approximate surface area is 126 Å². The largest absolute Gasteiger partial charge is 0.459 e. The van der Waals surface area contributed by atoms with Crippen LogP contribution in [0.2, 0.25) is 0 Å². The molecule has 0 aliphatic heterocycles. The van der Waals surface area contributed by atoms with Crippen molar-refractivity contribution in [2.24, 2.45) is 0 Å². The molecule has 4 nitrogen and oxygen atoms in total. The minimum absolute atomic E-state index is 0.0940. The second kappa shape index (κ2) is 7.46. The average molecular weight is 291 g/mol. The summed E-state index contributed by atoms with van der Waals surface area (Å²) < 4.78 is 10.6. The van der Waals surface area contributed by atoms with Crippen molar-refractivity contribution in [3.63, 3.8) is 0 Å². The van der Waals surface area contributed by atoms with Crippen molar-refractivity contribution in [1.29, 1.82) is 0 Å². The predicted molar refractivity (Wildman–Crippen MR) is 83.7 cm³/mol. The lowest BCUT2D eigenvalue weighted by Crippen LogP contribution is -2.30. The Kier molecular flexibility index (Phi) is 5.62. The van der Waals surface area contributed by atoms with E-state index < -0.39 is 0 Å². The van der Waals surface area contributed by atoms with Gasteiger partial charge in [0.15, 0.2) is 0 Å². The van der Waals surface area contributed by atoms with Gasteiger partial charge in [0.2, 0.25) is 0 Å². The average Bonchev–Trinajstić information content (AvgIpc) is 2.47. The van der Waals surface area contributed by atoms with Crippen molar-refractivity contribution in [2.45, 2.75) is 57.8 Å². The lowest BCUT2D eigenvalue weighted by atomic mass is 9.92. The molecule has 1 fully saturated rings. The summed E-state index contributed by atoms with van der Waals surface area (Å²) in [6.45, 7) is 3.70. The Hall–Kier alpha value is -1.55. The van der Waals surface area contributed by atoms with Gasteiger partial charge in [0.05, 0.1) is 17.8 Å². The van der Waals surface area contributed by atoms with E-state index in [2.05, 4.69) is 5.32 Å². The number of anilines is 1. The molecule has 4 heteroatoms. The van der Waals surface area contributed by atoms with Crippen molar-refractivity contribution in [3.05, 3.63) is 29.8 Å². The molecule has 1 aliphatic rings. The second-order valence-corrected chi connectivity index (χ2v) is 5.90. The Morgan fingerprint density at radius 3 is 2.57 bits per heavy atom. The molecule has 1 aromatic carbocycles. The highest BCUT2D eigenvalue weighted by Gasteiger charge is 2.21. The maximum absolute atomic E-state index is 11.8. The molecule has 2 rings (SSSR count). The first-order valence-corrected chi connectivity index (χ1v) is 7.69. The summed E-state index contributed by atoms with van der Waals surface area (Å²) >= 11 is 0. The number of ether oxygens (including phenoxy) is 2. The summed E-state index contributed by atoms with van der Waals surface area (Å²) in [6, 6.07) is 7.94. The summed E-state index contributed by atoms with van der Waals surface area (Å²) in [5, 5.41) is 3.52. The molecule has 0 heterocycles. The van der Waals surface area contributed by atoms with Gasteiger partial charge in [0, 0.05) is 18.8 Å². The fraction of sp³-hybridized carbons (Fsp3) is 0.588. The molecule has 0 spiro atoms. The van der Waals surface area contributed by atoms with Gasteiger partial charge in [-0.15, -0.1) is 0 Å². The molecule has 1 saturated carbocycles. The van der Waals surface area contributed by atoms with Gasteiger partial charge >= 0.3 is 5.97 Å². The first kappa shape index (κ1) is 15.8. The van der Waals surface area contributed by atoms with E-state index in [0.717, 1.165) is 24.9 Å². The quantitative estimate of drug-likeness (QED) is 0.842. The predicted octanol–water partition coefficient (Wildman–Crippen LogP) is 3.62. The van der Waals surface area contributed by atoms with Crippen LogP contribution in [-0.4, -0.2) is 31.3 Å². The van der Waals surface area contributed by atoms with E-state index in [1.807, 2.05) is 38.1 Å². The van der Waals surface area contributed by atoms with Crippen molar-refractivity contribution in [2.75, 3.05) is 12.4 Å². The number of rotatable bonds is 5. The second-order valence-electron chi connectivity index (χ2n) is 5.90. The number of hydrogen-bond donors (Lipinski definition) is 1. The lowest BCUT2D eigenvalue weighted by Gasteiger charge is -2.29. The monoisotopic (exact) mass is 291 g/mol. The molecule has 0 radical (unpaired) electrons. The van der Waals surface area contributed by atoms with Crippen LogP contribution in [0.25, 0.3) is 0 Å².